The van der Waals surface area contributed by atoms with E-state index < -0.39 is 5.97 Å². The zero-order valence-corrected chi connectivity index (χ0v) is 14.4. The normalized spacial score (nSPS) is 10.5. The molecule has 2 rings (SSSR count). The summed E-state index contributed by atoms with van der Waals surface area (Å²) in [5.74, 6) is -0.900. The van der Waals surface area contributed by atoms with Gasteiger partial charge in [0, 0.05) is 11.3 Å². The van der Waals surface area contributed by atoms with Gasteiger partial charge in [0.15, 0.2) is 12.4 Å². The molecule has 0 spiro atoms. The second-order valence-electron chi connectivity index (χ2n) is 5.87. The van der Waals surface area contributed by atoms with Gasteiger partial charge in [-0.05, 0) is 44.4 Å². The molecule has 0 aliphatic carbocycles. The number of aromatic amines is 1. The van der Waals surface area contributed by atoms with Crippen LogP contribution >= 0.6 is 0 Å². The van der Waals surface area contributed by atoms with Crippen LogP contribution in [0.5, 0.6) is 0 Å². The monoisotopic (exact) mass is 327 g/mol. The molecule has 1 heterocycles. The number of H-pyrrole nitrogens is 1. The second kappa shape index (κ2) is 7.25. The summed E-state index contributed by atoms with van der Waals surface area (Å²) in [6.07, 6.45) is 0.126. The minimum atomic E-state index is -0.453. The highest BCUT2D eigenvalue weighted by Gasteiger charge is 2.20. The summed E-state index contributed by atoms with van der Waals surface area (Å²) in [6.45, 7) is 6.48. The molecule has 0 fully saturated rings. The Morgan fingerprint density at radius 1 is 1.08 bits per heavy atom. The summed E-state index contributed by atoms with van der Waals surface area (Å²) in [5, 5.41) is 0. The largest absolute Gasteiger partial charge is 0.457 e. The van der Waals surface area contributed by atoms with Gasteiger partial charge in [-0.3, -0.25) is 14.4 Å². The number of nitrogens with one attached hydrogen (secondary N) is 1. The molecule has 2 aromatic rings. The number of aryl methyl sites for hydroxylation is 2. The predicted molar refractivity (Wildman–Crippen MR) is 90.4 cm³/mol. The van der Waals surface area contributed by atoms with Crippen molar-refractivity contribution in [2.45, 2.75) is 34.1 Å². The molecule has 0 bridgehead atoms. The first-order valence-corrected chi connectivity index (χ1v) is 7.74. The number of Topliss-reactive ketones (excluding diaryl/α,β-unsaturated/α-hetero) is 2. The Bertz CT molecular complexity index is 802. The van der Waals surface area contributed by atoms with E-state index in [1.807, 2.05) is 31.2 Å². The van der Waals surface area contributed by atoms with Gasteiger partial charge in [-0.1, -0.05) is 24.3 Å². The zero-order valence-electron chi connectivity index (χ0n) is 14.4. The van der Waals surface area contributed by atoms with Crippen LogP contribution in [-0.4, -0.2) is 29.1 Å². The lowest BCUT2D eigenvalue weighted by atomic mass is 10.1. The Hall–Kier alpha value is -2.69. The van der Waals surface area contributed by atoms with Gasteiger partial charge in [-0.2, -0.15) is 0 Å². The van der Waals surface area contributed by atoms with E-state index in [4.69, 9.17) is 4.74 Å². The molecule has 0 unspecified atom stereocenters. The minimum Gasteiger partial charge on any atom is -0.457 e. The molecule has 0 aliphatic rings. The van der Waals surface area contributed by atoms with Crippen LogP contribution in [-0.2, 0) is 16.0 Å². The van der Waals surface area contributed by atoms with E-state index in [0.29, 0.717) is 22.5 Å². The molecule has 126 valence electrons. The van der Waals surface area contributed by atoms with Crippen LogP contribution < -0.4 is 0 Å². The fourth-order valence-electron chi connectivity index (χ4n) is 2.79. The van der Waals surface area contributed by atoms with Crippen LogP contribution in [0.25, 0.3) is 0 Å². The quantitative estimate of drug-likeness (QED) is 0.653. The van der Waals surface area contributed by atoms with Gasteiger partial charge < -0.3 is 9.72 Å². The third-order valence-corrected chi connectivity index (χ3v) is 4.03. The first kappa shape index (κ1) is 17.7. The van der Waals surface area contributed by atoms with E-state index in [9.17, 15) is 14.4 Å². The molecule has 1 aromatic carbocycles. The summed E-state index contributed by atoms with van der Waals surface area (Å²) < 4.78 is 5.09. The second-order valence-corrected chi connectivity index (χ2v) is 5.87. The van der Waals surface area contributed by atoms with Gasteiger partial charge in [0.05, 0.1) is 12.1 Å². The number of hydrogen-bond acceptors (Lipinski definition) is 4. The van der Waals surface area contributed by atoms with E-state index in [-0.39, 0.29) is 24.6 Å². The number of hydrogen-bond donors (Lipinski definition) is 1. The van der Waals surface area contributed by atoms with Crippen molar-refractivity contribution in [3.8, 4) is 0 Å². The van der Waals surface area contributed by atoms with Crippen LogP contribution in [0.15, 0.2) is 24.3 Å². The molecule has 0 radical (unpaired) electrons. The highest BCUT2D eigenvalue weighted by molar-refractivity contribution is 6.04. The lowest BCUT2D eigenvalue weighted by Gasteiger charge is -2.06. The predicted octanol–water partition coefficient (Wildman–Crippen LogP) is 3.11. The van der Waals surface area contributed by atoms with E-state index >= 15 is 0 Å². The van der Waals surface area contributed by atoms with Crippen molar-refractivity contribution in [1.82, 2.24) is 4.98 Å². The van der Waals surface area contributed by atoms with Crippen molar-refractivity contribution >= 4 is 17.5 Å². The zero-order chi connectivity index (χ0) is 17.9. The molecular formula is C19H21NO4. The van der Waals surface area contributed by atoms with Crippen LogP contribution in [0.1, 0.15) is 50.2 Å². The Morgan fingerprint density at radius 2 is 1.75 bits per heavy atom. The van der Waals surface area contributed by atoms with Crippen molar-refractivity contribution in [2.24, 2.45) is 0 Å². The molecule has 0 saturated heterocycles. The average molecular weight is 327 g/mol. The van der Waals surface area contributed by atoms with Gasteiger partial charge >= 0.3 is 5.97 Å². The first-order chi connectivity index (χ1) is 11.3. The maximum Gasteiger partial charge on any atom is 0.310 e. The lowest BCUT2D eigenvalue weighted by molar-refractivity contribution is -0.141. The van der Waals surface area contributed by atoms with E-state index in [0.717, 1.165) is 11.1 Å². The van der Waals surface area contributed by atoms with Crippen LogP contribution in [0.4, 0.5) is 0 Å². The summed E-state index contributed by atoms with van der Waals surface area (Å²) >= 11 is 0. The molecule has 0 atom stereocenters. The molecule has 0 aliphatic heterocycles. The van der Waals surface area contributed by atoms with Crippen LogP contribution in [0, 0.1) is 20.8 Å². The minimum absolute atomic E-state index is 0.100. The Kier molecular flexibility index (Phi) is 5.34. The van der Waals surface area contributed by atoms with Crippen molar-refractivity contribution < 1.29 is 19.1 Å². The van der Waals surface area contributed by atoms with Crippen LogP contribution in [0.3, 0.4) is 0 Å². The van der Waals surface area contributed by atoms with E-state index in [1.165, 1.54) is 6.92 Å². The van der Waals surface area contributed by atoms with Crippen LogP contribution in [0.2, 0.25) is 0 Å². The Labute approximate surface area is 141 Å². The fraction of sp³-hybridized carbons (Fsp3) is 0.316. The maximum absolute atomic E-state index is 12.3. The summed E-state index contributed by atoms with van der Waals surface area (Å²) in [7, 11) is 0. The van der Waals surface area contributed by atoms with Crippen molar-refractivity contribution in [1.29, 1.82) is 0 Å². The van der Waals surface area contributed by atoms with Gasteiger partial charge in [-0.25, -0.2) is 0 Å². The molecule has 0 saturated carbocycles. The molecule has 1 N–H and O–H groups in total. The van der Waals surface area contributed by atoms with Crippen molar-refractivity contribution in [3.05, 3.63) is 57.9 Å². The fourth-order valence-corrected chi connectivity index (χ4v) is 2.79. The third-order valence-electron chi connectivity index (χ3n) is 4.03. The smallest absolute Gasteiger partial charge is 0.310 e. The number of carbonyl (C=O) groups is 3. The number of benzene rings is 1. The van der Waals surface area contributed by atoms with Crippen molar-refractivity contribution in [3.63, 3.8) is 0 Å². The lowest BCUT2D eigenvalue weighted by Crippen LogP contribution is -2.17. The molecule has 5 heteroatoms. The van der Waals surface area contributed by atoms with Gasteiger partial charge in [0.2, 0.25) is 5.78 Å². The molecule has 0 amide bonds. The molecule has 5 nitrogen and oxygen atoms in total. The molecule has 24 heavy (non-hydrogen) atoms. The Balaban J connectivity index is 2.01. The highest BCUT2D eigenvalue weighted by Crippen LogP contribution is 2.19. The number of esters is 1. The summed E-state index contributed by atoms with van der Waals surface area (Å²) in [4.78, 5) is 38.7. The molecular weight excluding hydrogens is 306 g/mol. The third kappa shape index (κ3) is 3.79. The van der Waals surface area contributed by atoms with Gasteiger partial charge in [0.25, 0.3) is 0 Å². The molecule has 1 aromatic heterocycles. The van der Waals surface area contributed by atoms with Crippen molar-refractivity contribution in [2.75, 3.05) is 6.61 Å². The summed E-state index contributed by atoms with van der Waals surface area (Å²) in [5.41, 5.74) is 3.96. The average Bonchev–Trinajstić information content (AvgIpc) is 2.82. The standard InChI is InChI=1S/C19H21NO4/c1-11-7-5-6-8-15(11)9-17(23)24-10-16(22)19-12(2)18(14(4)21)13(3)20-19/h5-8,20H,9-10H2,1-4H3. The highest BCUT2D eigenvalue weighted by atomic mass is 16.5. The SMILES string of the molecule is CC(=O)c1c(C)[nH]c(C(=O)COC(=O)Cc2ccccc2C)c1C. The van der Waals surface area contributed by atoms with E-state index in [2.05, 4.69) is 4.98 Å². The van der Waals surface area contributed by atoms with E-state index in [1.54, 1.807) is 13.8 Å². The number of rotatable bonds is 6. The summed E-state index contributed by atoms with van der Waals surface area (Å²) in [6, 6.07) is 7.53. The number of carbonyl (C=O) groups excluding carboxylic acids is 3. The number of ether oxygens (including phenoxy) is 1. The first-order valence-electron chi connectivity index (χ1n) is 7.74. The Morgan fingerprint density at radius 3 is 2.33 bits per heavy atom. The maximum atomic E-state index is 12.3. The topological polar surface area (TPSA) is 76.2 Å². The van der Waals surface area contributed by atoms with Gasteiger partial charge in [0.1, 0.15) is 0 Å². The number of aromatic nitrogens is 1. The van der Waals surface area contributed by atoms with Gasteiger partial charge in [-0.15, -0.1) is 0 Å². The number of ketones is 2.